The van der Waals surface area contributed by atoms with Crippen molar-refractivity contribution in [1.82, 2.24) is 5.32 Å². The first kappa shape index (κ1) is 19.5. The van der Waals surface area contributed by atoms with Crippen LogP contribution in [0.5, 0.6) is 5.75 Å². The van der Waals surface area contributed by atoms with Gasteiger partial charge in [-0.25, -0.2) is 0 Å². The summed E-state index contributed by atoms with van der Waals surface area (Å²) >= 11 is 0. The minimum atomic E-state index is -0.176. The monoisotopic (exact) mass is 323 g/mol. The van der Waals surface area contributed by atoms with E-state index in [4.69, 9.17) is 14.2 Å². The first-order valence-corrected chi connectivity index (χ1v) is 8.13. The average Bonchev–Trinajstić information content (AvgIpc) is 2.51. The van der Waals surface area contributed by atoms with E-state index in [-0.39, 0.29) is 18.1 Å². The molecule has 5 heteroatoms. The van der Waals surface area contributed by atoms with Gasteiger partial charge in [0.1, 0.15) is 19.0 Å². The highest BCUT2D eigenvalue weighted by Crippen LogP contribution is 2.07. The second kappa shape index (κ2) is 11.0. The summed E-state index contributed by atoms with van der Waals surface area (Å²) in [5.41, 5.74) is 0.0829. The molecule has 0 amide bonds. The zero-order valence-corrected chi connectivity index (χ0v) is 14.5. The van der Waals surface area contributed by atoms with Crippen LogP contribution in [0.2, 0.25) is 0 Å². The highest BCUT2D eigenvalue weighted by molar-refractivity contribution is 5.69. The topological polar surface area (TPSA) is 56.8 Å². The molecule has 0 spiro atoms. The number of nitrogens with one attached hydrogen (secondary N) is 1. The number of benzene rings is 1. The van der Waals surface area contributed by atoms with Crippen LogP contribution in [0.15, 0.2) is 30.3 Å². The Kier molecular flexibility index (Phi) is 9.33. The van der Waals surface area contributed by atoms with Crippen molar-refractivity contribution >= 4 is 5.97 Å². The molecule has 5 nitrogen and oxygen atoms in total. The zero-order chi connectivity index (χ0) is 17.0. The molecule has 1 aromatic carbocycles. The number of hydrogen-bond donors (Lipinski definition) is 1. The number of carbonyl (C=O) groups excluding carboxylic acids is 1. The van der Waals surface area contributed by atoms with Crippen LogP contribution in [0.4, 0.5) is 0 Å². The van der Waals surface area contributed by atoms with Crippen molar-refractivity contribution in [3.63, 3.8) is 0 Å². The molecule has 1 N–H and O–H groups in total. The summed E-state index contributed by atoms with van der Waals surface area (Å²) in [4.78, 5) is 11.5. The fraction of sp³-hybridized carbons (Fsp3) is 0.611. The van der Waals surface area contributed by atoms with E-state index in [1.165, 1.54) is 0 Å². The van der Waals surface area contributed by atoms with E-state index in [0.717, 1.165) is 18.7 Å². The summed E-state index contributed by atoms with van der Waals surface area (Å²) < 4.78 is 16.0. The molecule has 0 aliphatic rings. The van der Waals surface area contributed by atoms with Gasteiger partial charge in [0.25, 0.3) is 0 Å². The third kappa shape index (κ3) is 11.6. The Hall–Kier alpha value is -1.59. The Labute approximate surface area is 139 Å². The van der Waals surface area contributed by atoms with Crippen LogP contribution >= 0.6 is 0 Å². The number of ether oxygens (including phenoxy) is 3. The van der Waals surface area contributed by atoms with E-state index in [2.05, 4.69) is 26.1 Å². The van der Waals surface area contributed by atoms with Gasteiger partial charge in [0, 0.05) is 12.0 Å². The zero-order valence-electron chi connectivity index (χ0n) is 14.5. The highest BCUT2D eigenvalue weighted by Gasteiger charge is 2.08. The van der Waals surface area contributed by atoms with Crippen LogP contribution in [0.25, 0.3) is 0 Å². The molecule has 0 saturated heterocycles. The smallest absolute Gasteiger partial charge is 0.305 e. The maximum absolute atomic E-state index is 11.5. The first-order valence-electron chi connectivity index (χ1n) is 8.13. The van der Waals surface area contributed by atoms with Gasteiger partial charge in [-0.1, -0.05) is 18.2 Å². The van der Waals surface area contributed by atoms with E-state index in [1.807, 2.05) is 30.3 Å². The number of para-hydroxylation sites is 1. The molecule has 1 rings (SSSR count). The van der Waals surface area contributed by atoms with E-state index in [9.17, 15) is 4.79 Å². The van der Waals surface area contributed by atoms with Crippen molar-refractivity contribution in [3.8, 4) is 5.75 Å². The van der Waals surface area contributed by atoms with Crippen LogP contribution in [0.1, 0.15) is 33.6 Å². The molecule has 130 valence electrons. The fourth-order valence-electron chi connectivity index (χ4n) is 1.82. The lowest BCUT2D eigenvalue weighted by Gasteiger charge is -2.20. The summed E-state index contributed by atoms with van der Waals surface area (Å²) in [7, 11) is 0. The van der Waals surface area contributed by atoms with Gasteiger partial charge in [-0.2, -0.15) is 0 Å². The van der Waals surface area contributed by atoms with Crippen LogP contribution in [-0.4, -0.2) is 44.5 Å². The lowest BCUT2D eigenvalue weighted by atomic mass is 10.1. The van der Waals surface area contributed by atoms with E-state index in [1.54, 1.807) is 0 Å². The highest BCUT2D eigenvalue weighted by atomic mass is 16.6. The third-order valence-corrected chi connectivity index (χ3v) is 2.94. The average molecular weight is 323 g/mol. The second-order valence-corrected chi connectivity index (χ2v) is 6.27. The van der Waals surface area contributed by atoms with Crippen molar-refractivity contribution in [2.75, 3.05) is 33.0 Å². The molecule has 0 radical (unpaired) electrons. The van der Waals surface area contributed by atoms with E-state index < -0.39 is 0 Å². The van der Waals surface area contributed by atoms with Gasteiger partial charge >= 0.3 is 5.97 Å². The first-order chi connectivity index (χ1) is 11.0. The molecule has 0 aliphatic carbocycles. The van der Waals surface area contributed by atoms with Crippen LogP contribution < -0.4 is 10.1 Å². The molecule has 0 fully saturated rings. The molecular weight excluding hydrogens is 294 g/mol. The van der Waals surface area contributed by atoms with Gasteiger partial charge in [-0.05, 0) is 45.9 Å². The van der Waals surface area contributed by atoms with Gasteiger partial charge in [-0.15, -0.1) is 0 Å². The summed E-state index contributed by atoms with van der Waals surface area (Å²) in [5.74, 6) is 0.649. The van der Waals surface area contributed by atoms with Crippen molar-refractivity contribution in [2.24, 2.45) is 0 Å². The summed E-state index contributed by atoms with van der Waals surface area (Å²) in [6.45, 7) is 8.75. The van der Waals surface area contributed by atoms with Gasteiger partial charge in [0.05, 0.1) is 13.2 Å². The quantitative estimate of drug-likeness (QED) is 0.501. The minimum absolute atomic E-state index is 0.0829. The lowest BCUT2D eigenvalue weighted by Crippen LogP contribution is -2.36. The summed E-state index contributed by atoms with van der Waals surface area (Å²) in [6.07, 6.45) is 1.21. The molecule has 23 heavy (non-hydrogen) atoms. The van der Waals surface area contributed by atoms with Crippen molar-refractivity contribution in [3.05, 3.63) is 30.3 Å². The summed E-state index contributed by atoms with van der Waals surface area (Å²) in [5, 5.41) is 3.33. The molecule has 0 atom stereocenters. The van der Waals surface area contributed by atoms with Gasteiger partial charge in [0.15, 0.2) is 0 Å². The molecule has 0 heterocycles. The lowest BCUT2D eigenvalue weighted by molar-refractivity contribution is -0.145. The number of hydrogen-bond acceptors (Lipinski definition) is 5. The number of carbonyl (C=O) groups is 1. The Balaban J connectivity index is 1.89. The fourth-order valence-corrected chi connectivity index (χ4v) is 1.82. The molecule has 0 saturated carbocycles. The van der Waals surface area contributed by atoms with Gasteiger partial charge in [-0.3, -0.25) is 4.79 Å². The van der Waals surface area contributed by atoms with Crippen LogP contribution in [0.3, 0.4) is 0 Å². The normalized spacial score (nSPS) is 11.3. The van der Waals surface area contributed by atoms with Crippen molar-refractivity contribution < 1.29 is 19.0 Å². The van der Waals surface area contributed by atoms with Crippen molar-refractivity contribution in [1.29, 1.82) is 0 Å². The van der Waals surface area contributed by atoms with E-state index in [0.29, 0.717) is 26.2 Å². The Morgan fingerprint density at radius 1 is 1.04 bits per heavy atom. The summed E-state index contributed by atoms with van der Waals surface area (Å²) in [6, 6.07) is 9.59. The minimum Gasteiger partial charge on any atom is -0.491 e. The largest absolute Gasteiger partial charge is 0.491 e. The molecule has 0 bridgehead atoms. The predicted molar refractivity (Wildman–Crippen MR) is 90.7 cm³/mol. The van der Waals surface area contributed by atoms with Crippen LogP contribution in [0, 0.1) is 0 Å². The SMILES string of the molecule is CC(C)(C)NCCCC(=O)OCCOCCOc1ccccc1. The predicted octanol–water partition coefficient (Wildman–Crippen LogP) is 2.79. The third-order valence-electron chi connectivity index (χ3n) is 2.94. The maximum Gasteiger partial charge on any atom is 0.305 e. The van der Waals surface area contributed by atoms with Crippen LogP contribution in [-0.2, 0) is 14.3 Å². The second-order valence-electron chi connectivity index (χ2n) is 6.27. The Morgan fingerprint density at radius 3 is 2.43 bits per heavy atom. The maximum atomic E-state index is 11.5. The van der Waals surface area contributed by atoms with Gasteiger partial charge in [0.2, 0.25) is 0 Å². The molecule has 1 aromatic rings. The molecule has 0 unspecified atom stereocenters. The number of rotatable bonds is 11. The standard InChI is InChI=1S/C18H29NO4/c1-18(2,3)19-11-7-10-17(20)23-15-13-21-12-14-22-16-8-5-4-6-9-16/h4-6,8-9,19H,7,10-15H2,1-3H3. The number of esters is 1. The van der Waals surface area contributed by atoms with E-state index >= 15 is 0 Å². The molecule has 0 aliphatic heterocycles. The Morgan fingerprint density at radius 2 is 1.74 bits per heavy atom. The van der Waals surface area contributed by atoms with Gasteiger partial charge < -0.3 is 19.5 Å². The molecule has 0 aromatic heterocycles. The van der Waals surface area contributed by atoms with Crippen molar-refractivity contribution in [2.45, 2.75) is 39.2 Å². The Bertz CT molecular complexity index is 428. The molecular formula is C18H29NO4.